The van der Waals surface area contributed by atoms with E-state index in [9.17, 15) is 4.79 Å². The molecule has 2 aromatic heterocycles. The van der Waals surface area contributed by atoms with Crippen LogP contribution in [0.1, 0.15) is 42.5 Å². The van der Waals surface area contributed by atoms with E-state index in [1.807, 2.05) is 4.90 Å². The molecule has 2 aliphatic rings. The van der Waals surface area contributed by atoms with Gasteiger partial charge in [-0.1, -0.05) is 19.3 Å². The Kier molecular flexibility index (Phi) is 3.29. The third-order valence-electron chi connectivity index (χ3n) is 4.75. The predicted molar refractivity (Wildman–Crippen MR) is 78.5 cm³/mol. The summed E-state index contributed by atoms with van der Waals surface area (Å²) in [5.74, 6) is -0.00588. The maximum absolute atomic E-state index is 12.9. The molecule has 2 fully saturated rings. The highest BCUT2D eigenvalue weighted by atomic mass is 16.5. The van der Waals surface area contributed by atoms with Gasteiger partial charge in [-0.2, -0.15) is 4.52 Å². The van der Waals surface area contributed by atoms with Crippen molar-refractivity contribution in [3.63, 3.8) is 0 Å². The number of aromatic nitrogens is 4. The molecule has 0 radical (unpaired) electrons. The van der Waals surface area contributed by atoms with Gasteiger partial charge in [-0.05, 0) is 35.4 Å². The van der Waals surface area contributed by atoms with Crippen molar-refractivity contribution in [3.05, 3.63) is 23.9 Å². The molecule has 1 spiro atoms. The van der Waals surface area contributed by atoms with Crippen LogP contribution < -0.4 is 0 Å². The second kappa shape index (κ2) is 5.31. The van der Waals surface area contributed by atoms with E-state index in [4.69, 9.17) is 4.74 Å². The molecule has 0 atom stereocenters. The number of hydrogen-bond donors (Lipinski definition) is 0. The lowest BCUT2D eigenvalue weighted by molar-refractivity contribution is -0.117. The molecule has 0 unspecified atom stereocenters. The van der Waals surface area contributed by atoms with E-state index < -0.39 is 0 Å². The zero-order valence-corrected chi connectivity index (χ0v) is 12.4. The van der Waals surface area contributed by atoms with E-state index >= 15 is 0 Å². The number of ether oxygens (including phenoxy) is 1. The Bertz CT molecular complexity index is 687. The van der Waals surface area contributed by atoms with Crippen molar-refractivity contribution < 1.29 is 9.53 Å². The summed E-state index contributed by atoms with van der Waals surface area (Å²) in [6.45, 7) is 1.91. The molecule has 4 rings (SSSR count). The molecule has 2 aromatic rings. The lowest BCUT2D eigenvalue weighted by Crippen LogP contribution is -2.54. The van der Waals surface area contributed by atoms with Gasteiger partial charge in [0, 0.05) is 12.7 Å². The second-order valence-electron chi connectivity index (χ2n) is 6.19. The van der Waals surface area contributed by atoms with E-state index in [1.54, 1.807) is 18.3 Å². The number of amides is 1. The van der Waals surface area contributed by atoms with Gasteiger partial charge in [0.2, 0.25) is 0 Å². The Balaban J connectivity index is 1.61. The van der Waals surface area contributed by atoms with E-state index in [2.05, 4.69) is 15.5 Å². The topological polar surface area (TPSA) is 72.6 Å². The highest BCUT2D eigenvalue weighted by molar-refractivity contribution is 5.99. The average molecular weight is 301 g/mol. The quantitative estimate of drug-likeness (QED) is 0.794. The van der Waals surface area contributed by atoms with Crippen molar-refractivity contribution in [2.45, 2.75) is 37.7 Å². The molecule has 7 heteroatoms. The molecule has 0 aromatic carbocycles. The van der Waals surface area contributed by atoms with E-state index in [0.717, 1.165) is 12.8 Å². The third kappa shape index (κ3) is 2.25. The van der Waals surface area contributed by atoms with Crippen molar-refractivity contribution in [1.82, 2.24) is 24.9 Å². The smallest absolute Gasteiger partial charge is 0.257 e. The predicted octanol–water partition coefficient (Wildman–Crippen LogP) is 1.30. The van der Waals surface area contributed by atoms with Crippen molar-refractivity contribution >= 4 is 11.6 Å². The minimum atomic E-state index is -0.136. The van der Waals surface area contributed by atoms with Crippen LogP contribution in [0.2, 0.25) is 0 Å². The van der Waals surface area contributed by atoms with Gasteiger partial charge >= 0.3 is 0 Å². The summed E-state index contributed by atoms with van der Waals surface area (Å²) in [6, 6.07) is 3.59. The summed E-state index contributed by atoms with van der Waals surface area (Å²) in [7, 11) is 0. The van der Waals surface area contributed by atoms with Crippen molar-refractivity contribution in [1.29, 1.82) is 0 Å². The number of rotatable bonds is 1. The van der Waals surface area contributed by atoms with Gasteiger partial charge in [-0.3, -0.25) is 4.79 Å². The third-order valence-corrected chi connectivity index (χ3v) is 4.75. The van der Waals surface area contributed by atoms with Crippen LogP contribution in [0.5, 0.6) is 0 Å². The monoisotopic (exact) mass is 301 g/mol. The van der Waals surface area contributed by atoms with Crippen LogP contribution in [0, 0.1) is 0 Å². The standard InChI is InChI=1S/C15H19N5O2/c21-14(12-5-4-8-20-13(12)16-17-18-20)19-9-10-22-15(11-19)6-2-1-3-7-15/h4-5,8H,1-3,6-7,9-11H2. The van der Waals surface area contributed by atoms with Gasteiger partial charge < -0.3 is 9.64 Å². The van der Waals surface area contributed by atoms with Crippen LogP contribution in [0.4, 0.5) is 0 Å². The number of carbonyl (C=O) groups excluding carboxylic acids is 1. The summed E-state index contributed by atoms with van der Waals surface area (Å²) >= 11 is 0. The fraction of sp³-hybridized carbons (Fsp3) is 0.600. The first kappa shape index (κ1) is 13.6. The zero-order chi connectivity index (χ0) is 15.0. The maximum atomic E-state index is 12.9. The number of fused-ring (bicyclic) bond motifs is 1. The number of tetrazole rings is 1. The summed E-state index contributed by atoms with van der Waals surface area (Å²) in [6.07, 6.45) is 7.48. The Labute approximate surface area is 128 Å². The first-order valence-corrected chi connectivity index (χ1v) is 7.87. The SMILES string of the molecule is O=C(c1cccn2nnnc12)N1CCOC2(CCCCC2)C1. The van der Waals surface area contributed by atoms with E-state index in [1.165, 1.54) is 23.8 Å². The second-order valence-corrected chi connectivity index (χ2v) is 6.19. The zero-order valence-electron chi connectivity index (χ0n) is 12.4. The maximum Gasteiger partial charge on any atom is 0.257 e. The molecule has 0 bridgehead atoms. The number of carbonyl (C=O) groups is 1. The molecule has 116 valence electrons. The van der Waals surface area contributed by atoms with E-state index in [0.29, 0.717) is 30.9 Å². The summed E-state index contributed by atoms with van der Waals surface area (Å²) in [5, 5.41) is 11.5. The highest BCUT2D eigenvalue weighted by Crippen LogP contribution is 2.34. The fourth-order valence-corrected chi connectivity index (χ4v) is 3.62. The van der Waals surface area contributed by atoms with Crippen LogP contribution in [-0.2, 0) is 4.74 Å². The van der Waals surface area contributed by atoms with E-state index in [-0.39, 0.29) is 11.5 Å². The van der Waals surface area contributed by atoms with Crippen molar-refractivity contribution in [2.75, 3.05) is 19.7 Å². The molecule has 22 heavy (non-hydrogen) atoms. The molecule has 3 heterocycles. The van der Waals surface area contributed by atoms with Crippen LogP contribution >= 0.6 is 0 Å². The first-order chi connectivity index (χ1) is 10.8. The van der Waals surface area contributed by atoms with Gasteiger partial charge in [0.1, 0.15) is 0 Å². The number of morpholine rings is 1. The minimum Gasteiger partial charge on any atom is -0.371 e. The van der Waals surface area contributed by atoms with Gasteiger partial charge in [0.05, 0.1) is 24.3 Å². The average Bonchev–Trinajstić information content (AvgIpc) is 3.03. The molecular weight excluding hydrogens is 282 g/mol. The fourth-order valence-electron chi connectivity index (χ4n) is 3.62. The molecule has 1 amide bonds. The minimum absolute atomic E-state index is 0.00588. The number of hydrogen-bond acceptors (Lipinski definition) is 5. The Morgan fingerprint density at radius 1 is 1.27 bits per heavy atom. The number of pyridine rings is 1. The Morgan fingerprint density at radius 3 is 3.00 bits per heavy atom. The molecule has 1 saturated carbocycles. The van der Waals surface area contributed by atoms with Gasteiger partial charge in [0.15, 0.2) is 5.65 Å². The van der Waals surface area contributed by atoms with Crippen LogP contribution in [0.15, 0.2) is 18.3 Å². The van der Waals surface area contributed by atoms with Gasteiger partial charge in [0.25, 0.3) is 5.91 Å². The summed E-state index contributed by atoms with van der Waals surface area (Å²) < 4.78 is 7.59. The lowest BCUT2D eigenvalue weighted by Gasteiger charge is -2.45. The molecule has 7 nitrogen and oxygen atoms in total. The van der Waals surface area contributed by atoms with Crippen LogP contribution in [-0.4, -0.2) is 56.1 Å². The largest absolute Gasteiger partial charge is 0.371 e. The van der Waals surface area contributed by atoms with Crippen molar-refractivity contribution in [3.8, 4) is 0 Å². The lowest BCUT2D eigenvalue weighted by atomic mass is 9.83. The summed E-state index contributed by atoms with van der Waals surface area (Å²) in [4.78, 5) is 14.8. The number of nitrogens with zero attached hydrogens (tertiary/aromatic N) is 5. The Morgan fingerprint density at radius 2 is 2.14 bits per heavy atom. The summed E-state index contributed by atoms with van der Waals surface area (Å²) in [5.41, 5.74) is 0.931. The van der Waals surface area contributed by atoms with Crippen LogP contribution in [0.3, 0.4) is 0 Å². The van der Waals surface area contributed by atoms with Gasteiger partial charge in [-0.25, -0.2) is 0 Å². The molecule has 0 N–H and O–H groups in total. The van der Waals surface area contributed by atoms with Gasteiger partial charge in [-0.15, -0.1) is 5.10 Å². The first-order valence-electron chi connectivity index (χ1n) is 7.87. The molecule has 1 saturated heterocycles. The molecule has 1 aliphatic carbocycles. The van der Waals surface area contributed by atoms with Crippen LogP contribution in [0.25, 0.3) is 5.65 Å². The molecule has 1 aliphatic heterocycles. The normalized spacial score (nSPS) is 21.4. The van der Waals surface area contributed by atoms with Crippen molar-refractivity contribution in [2.24, 2.45) is 0 Å². The highest BCUT2D eigenvalue weighted by Gasteiger charge is 2.39. The molecular formula is C15H19N5O2. The Hall–Kier alpha value is -2.02.